The predicted octanol–water partition coefficient (Wildman–Crippen LogP) is 7.02. The summed E-state index contributed by atoms with van der Waals surface area (Å²) in [5.74, 6) is 0.787. The molecule has 1 heterocycles. The van der Waals surface area contributed by atoms with E-state index < -0.39 is 5.60 Å². The third-order valence-electron chi connectivity index (χ3n) is 5.91. The van der Waals surface area contributed by atoms with Crippen LogP contribution in [0.3, 0.4) is 0 Å². The van der Waals surface area contributed by atoms with E-state index in [1.807, 2.05) is 88.4 Å². The average Bonchev–Trinajstić information content (AvgIpc) is 2.83. The minimum Gasteiger partial charge on any atom is -0.490 e. The summed E-state index contributed by atoms with van der Waals surface area (Å²) in [7, 11) is 0. The van der Waals surface area contributed by atoms with Crippen molar-refractivity contribution in [3.05, 3.63) is 96.1 Å². The summed E-state index contributed by atoms with van der Waals surface area (Å²) in [5, 5.41) is 0. The van der Waals surface area contributed by atoms with Crippen LogP contribution in [0.2, 0.25) is 0 Å². The Labute approximate surface area is 208 Å². The van der Waals surface area contributed by atoms with Gasteiger partial charge in [0.15, 0.2) is 0 Å². The van der Waals surface area contributed by atoms with Crippen LogP contribution in [-0.4, -0.2) is 41.0 Å². The third kappa shape index (κ3) is 6.72. The van der Waals surface area contributed by atoms with Crippen molar-refractivity contribution >= 4 is 17.5 Å². The molecule has 0 saturated carbocycles. The highest BCUT2D eigenvalue weighted by Crippen LogP contribution is 2.28. The van der Waals surface area contributed by atoms with Crippen molar-refractivity contribution in [2.75, 3.05) is 6.54 Å². The first kappa shape index (κ1) is 24.5. The zero-order chi connectivity index (χ0) is 24.8. The minimum atomic E-state index is -0.497. The van der Waals surface area contributed by atoms with Crippen LogP contribution in [0, 0.1) is 0 Å². The lowest BCUT2D eigenvalue weighted by Crippen LogP contribution is -2.49. The molecule has 3 aromatic carbocycles. The number of nitrogens with zero attached hydrogens (tertiary/aromatic N) is 2. The number of carbonyl (C=O) groups is 1. The SMILES string of the molecule is C[C@@H]1C[C@@H](Oc2cccc(N=C(c3ccccc3)c3ccccc3)c2)CCN1C(=O)OC(C)(C)C. The molecule has 1 aliphatic heterocycles. The van der Waals surface area contributed by atoms with Crippen LogP contribution < -0.4 is 4.74 Å². The lowest BCUT2D eigenvalue weighted by Gasteiger charge is -2.38. The summed E-state index contributed by atoms with van der Waals surface area (Å²) >= 11 is 0. The van der Waals surface area contributed by atoms with Crippen LogP contribution in [0.4, 0.5) is 10.5 Å². The van der Waals surface area contributed by atoms with Gasteiger partial charge < -0.3 is 14.4 Å². The van der Waals surface area contributed by atoms with E-state index in [9.17, 15) is 4.79 Å². The molecular formula is C30H34N2O3. The Morgan fingerprint density at radius 3 is 2.11 bits per heavy atom. The Morgan fingerprint density at radius 2 is 1.54 bits per heavy atom. The number of ether oxygens (including phenoxy) is 2. The molecule has 0 N–H and O–H groups in total. The van der Waals surface area contributed by atoms with Gasteiger partial charge in [-0.1, -0.05) is 66.7 Å². The van der Waals surface area contributed by atoms with Gasteiger partial charge in [0.25, 0.3) is 0 Å². The van der Waals surface area contributed by atoms with Crippen LogP contribution in [0.15, 0.2) is 89.9 Å². The monoisotopic (exact) mass is 470 g/mol. The van der Waals surface area contributed by atoms with Gasteiger partial charge in [0.05, 0.1) is 11.4 Å². The smallest absolute Gasteiger partial charge is 0.410 e. The van der Waals surface area contributed by atoms with Gasteiger partial charge in [-0.3, -0.25) is 0 Å². The highest BCUT2D eigenvalue weighted by Gasteiger charge is 2.32. The van der Waals surface area contributed by atoms with E-state index in [-0.39, 0.29) is 18.2 Å². The van der Waals surface area contributed by atoms with E-state index >= 15 is 0 Å². The fourth-order valence-corrected chi connectivity index (χ4v) is 4.26. The molecule has 35 heavy (non-hydrogen) atoms. The second-order valence-corrected chi connectivity index (χ2v) is 9.98. The molecule has 2 atom stereocenters. The standard InChI is InChI=1S/C30H34N2O3/c1-22-20-27(18-19-32(22)29(33)35-30(2,3)4)34-26-17-11-16-25(21-26)31-28(23-12-7-5-8-13-23)24-14-9-6-10-15-24/h5-17,21-22,27H,18-20H2,1-4H3/t22-,27+/m1/s1. The predicted molar refractivity (Wildman–Crippen MR) is 141 cm³/mol. The molecule has 0 unspecified atom stereocenters. The van der Waals surface area contributed by atoms with Crippen LogP contribution in [0.25, 0.3) is 0 Å². The zero-order valence-electron chi connectivity index (χ0n) is 21.0. The lowest BCUT2D eigenvalue weighted by atomic mass is 10.0. The van der Waals surface area contributed by atoms with E-state index in [1.54, 1.807) is 4.90 Å². The summed E-state index contributed by atoms with van der Waals surface area (Å²) < 4.78 is 11.9. The van der Waals surface area contributed by atoms with Gasteiger partial charge in [-0.05, 0) is 39.8 Å². The van der Waals surface area contributed by atoms with Crippen molar-refractivity contribution in [2.45, 2.75) is 58.3 Å². The second-order valence-electron chi connectivity index (χ2n) is 9.98. The van der Waals surface area contributed by atoms with Gasteiger partial charge in [0, 0.05) is 42.6 Å². The molecule has 0 spiro atoms. The summed E-state index contributed by atoms with van der Waals surface area (Å²) in [5.41, 5.74) is 3.39. The number of hydrogen-bond acceptors (Lipinski definition) is 4. The van der Waals surface area contributed by atoms with E-state index in [1.165, 1.54) is 0 Å². The molecule has 1 fully saturated rings. The molecule has 1 aliphatic rings. The van der Waals surface area contributed by atoms with E-state index in [2.05, 4.69) is 24.3 Å². The zero-order valence-corrected chi connectivity index (χ0v) is 21.0. The third-order valence-corrected chi connectivity index (χ3v) is 5.91. The van der Waals surface area contributed by atoms with Crippen LogP contribution in [-0.2, 0) is 4.74 Å². The number of rotatable bonds is 5. The quantitative estimate of drug-likeness (QED) is 0.376. The summed E-state index contributed by atoms with van der Waals surface area (Å²) in [6, 6.07) is 28.4. The molecular weight excluding hydrogens is 436 g/mol. The Balaban J connectivity index is 1.48. The molecule has 0 bridgehead atoms. The summed E-state index contributed by atoms with van der Waals surface area (Å²) in [6.45, 7) is 8.34. The molecule has 0 aromatic heterocycles. The Hall–Kier alpha value is -3.60. The topological polar surface area (TPSA) is 51.1 Å². The van der Waals surface area contributed by atoms with Gasteiger partial charge in [-0.15, -0.1) is 0 Å². The molecule has 3 aromatic rings. The van der Waals surface area contributed by atoms with E-state index in [0.29, 0.717) is 6.54 Å². The molecule has 182 valence electrons. The minimum absolute atomic E-state index is 0.0330. The van der Waals surface area contributed by atoms with Crippen LogP contribution in [0.1, 0.15) is 51.7 Å². The van der Waals surface area contributed by atoms with Crippen LogP contribution >= 0.6 is 0 Å². The number of carbonyl (C=O) groups excluding carboxylic acids is 1. The molecule has 0 aliphatic carbocycles. The number of likely N-dealkylation sites (tertiary alicyclic amines) is 1. The first-order valence-electron chi connectivity index (χ1n) is 12.2. The van der Waals surface area contributed by atoms with Crippen molar-refractivity contribution in [1.29, 1.82) is 0 Å². The van der Waals surface area contributed by atoms with Crippen molar-refractivity contribution < 1.29 is 14.3 Å². The molecule has 0 radical (unpaired) electrons. The average molecular weight is 471 g/mol. The van der Waals surface area contributed by atoms with E-state index in [4.69, 9.17) is 14.5 Å². The summed E-state index contributed by atoms with van der Waals surface area (Å²) in [6.07, 6.45) is 1.29. The largest absolute Gasteiger partial charge is 0.490 e. The molecule has 5 heteroatoms. The normalized spacial score (nSPS) is 18.0. The highest BCUT2D eigenvalue weighted by atomic mass is 16.6. The maximum atomic E-state index is 12.5. The maximum absolute atomic E-state index is 12.5. The van der Waals surface area contributed by atoms with Gasteiger partial charge in [-0.2, -0.15) is 0 Å². The van der Waals surface area contributed by atoms with Gasteiger partial charge in [0.2, 0.25) is 0 Å². The van der Waals surface area contributed by atoms with Crippen molar-refractivity contribution in [3.63, 3.8) is 0 Å². The van der Waals surface area contributed by atoms with Gasteiger partial charge >= 0.3 is 6.09 Å². The fourth-order valence-electron chi connectivity index (χ4n) is 4.26. The van der Waals surface area contributed by atoms with Crippen molar-refractivity contribution in [1.82, 2.24) is 4.90 Å². The summed E-state index contributed by atoms with van der Waals surface area (Å²) in [4.78, 5) is 19.3. The first-order chi connectivity index (χ1) is 16.8. The van der Waals surface area contributed by atoms with Crippen molar-refractivity contribution in [2.24, 2.45) is 4.99 Å². The Kier molecular flexibility index (Phi) is 7.54. The maximum Gasteiger partial charge on any atom is 0.410 e. The van der Waals surface area contributed by atoms with E-state index in [0.717, 1.165) is 41.1 Å². The fraction of sp³-hybridized carbons (Fsp3) is 0.333. The Bertz CT molecular complexity index is 1110. The van der Waals surface area contributed by atoms with Crippen LogP contribution in [0.5, 0.6) is 5.75 Å². The number of aliphatic imine (C=N–C) groups is 1. The highest BCUT2D eigenvalue weighted by molar-refractivity contribution is 6.13. The molecule has 1 amide bonds. The van der Waals surface area contributed by atoms with Gasteiger partial charge in [0.1, 0.15) is 17.5 Å². The molecule has 5 nitrogen and oxygen atoms in total. The number of amides is 1. The second kappa shape index (κ2) is 10.8. The van der Waals surface area contributed by atoms with Gasteiger partial charge in [-0.25, -0.2) is 9.79 Å². The first-order valence-corrected chi connectivity index (χ1v) is 12.2. The number of benzene rings is 3. The molecule has 1 saturated heterocycles. The molecule has 4 rings (SSSR count). The van der Waals surface area contributed by atoms with Crippen molar-refractivity contribution in [3.8, 4) is 5.75 Å². The Morgan fingerprint density at radius 1 is 0.914 bits per heavy atom. The lowest BCUT2D eigenvalue weighted by molar-refractivity contribution is -0.00102. The number of hydrogen-bond donors (Lipinski definition) is 0. The number of piperidine rings is 1.